The lowest BCUT2D eigenvalue weighted by molar-refractivity contribution is -0.386. The molecular formula is C12H19FN2O3. The van der Waals surface area contributed by atoms with Gasteiger partial charge in [-0.15, -0.1) is 0 Å². The minimum absolute atomic E-state index is 0.215. The van der Waals surface area contributed by atoms with Gasteiger partial charge in [0.1, 0.15) is 5.69 Å². The van der Waals surface area contributed by atoms with E-state index in [1.807, 2.05) is 0 Å². The van der Waals surface area contributed by atoms with Crippen molar-refractivity contribution in [2.45, 2.75) is 20.3 Å². The highest BCUT2D eigenvalue weighted by Gasteiger charge is 2.18. The molecule has 5 nitrogen and oxygen atoms in total. The molecule has 0 bridgehead atoms. The normalized spacial score (nSPS) is 9.33. The fourth-order valence-corrected chi connectivity index (χ4v) is 1.24. The smallest absolute Gasteiger partial charge is 0.327 e. The zero-order valence-electron chi connectivity index (χ0n) is 10.9. The van der Waals surface area contributed by atoms with Gasteiger partial charge in [0.05, 0.1) is 4.92 Å². The van der Waals surface area contributed by atoms with Gasteiger partial charge in [0.2, 0.25) is 5.82 Å². The first-order valence-electron chi connectivity index (χ1n) is 5.74. The standard InChI is InChI=1S/C8H9FN2O2.C4H10O/c1-2-10-7-5-3-4-6(9)8(7)11(12)13;1-3-4-5-2/h3-5,10H,2H2,1H3;3-4H2,1-2H3. The van der Waals surface area contributed by atoms with E-state index in [4.69, 9.17) is 4.74 Å². The van der Waals surface area contributed by atoms with Gasteiger partial charge in [-0.3, -0.25) is 10.1 Å². The average Bonchev–Trinajstić information content (AvgIpc) is 2.31. The molecule has 1 rings (SSSR count). The monoisotopic (exact) mass is 258 g/mol. The molecule has 1 aromatic carbocycles. The van der Waals surface area contributed by atoms with Crippen LogP contribution < -0.4 is 5.32 Å². The highest BCUT2D eigenvalue weighted by atomic mass is 19.1. The zero-order valence-corrected chi connectivity index (χ0v) is 10.9. The van der Waals surface area contributed by atoms with E-state index in [0.717, 1.165) is 19.1 Å². The Balaban J connectivity index is 0.000000494. The minimum atomic E-state index is -0.816. The van der Waals surface area contributed by atoms with Crippen LogP contribution in [0.25, 0.3) is 0 Å². The maximum atomic E-state index is 12.9. The Bertz CT molecular complexity index is 370. The first-order chi connectivity index (χ1) is 8.58. The fraction of sp³-hybridized carbons (Fsp3) is 0.500. The van der Waals surface area contributed by atoms with E-state index in [1.54, 1.807) is 14.0 Å². The molecule has 0 aromatic heterocycles. The molecule has 18 heavy (non-hydrogen) atoms. The van der Waals surface area contributed by atoms with Crippen molar-refractivity contribution in [3.63, 3.8) is 0 Å². The van der Waals surface area contributed by atoms with Crippen LogP contribution in [0, 0.1) is 15.9 Å². The summed E-state index contributed by atoms with van der Waals surface area (Å²) in [6.07, 6.45) is 1.12. The summed E-state index contributed by atoms with van der Waals surface area (Å²) in [6.45, 7) is 5.28. The summed E-state index contributed by atoms with van der Waals surface area (Å²) >= 11 is 0. The summed E-state index contributed by atoms with van der Waals surface area (Å²) in [4.78, 5) is 9.71. The Morgan fingerprint density at radius 1 is 1.44 bits per heavy atom. The van der Waals surface area contributed by atoms with Gasteiger partial charge < -0.3 is 10.1 Å². The quantitative estimate of drug-likeness (QED) is 0.650. The first-order valence-corrected chi connectivity index (χ1v) is 5.74. The van der Waals surface area contributed by atoms with Crippen molar-refractivity contribution in [3.05, 3.63) is 34.1 Å². The van der Waals surface area contributed by atoms with Gasteiger partial charge in [0, 0.05) is 20.3 Å². The Labute approximate surface area is 106 Å². The average molecular weight is 258 g/mol. The van der Waals surface area contributed by atoms with Crippen molar-refractivity contribution in [1.29, 1.82) is 0 Å². The first kappa shape index (κ1) is 16.3. The van der Waals surface area contributed by atoms with Crippen molar-refractivity contribution in [3.8, 4) is 0 Å². The molecule has 0 fully saturated rings. The number of hydrogen-bond acceptors (Lipinski definition) is 4. The third-order valence-electron chi connectivity index (χ3n) is 1.94. The van der Waals surface area contributed by atoms with Gasteiger partial charge in [0.25, 0.3) is 0 Å². The molecule has 1 N–H and O–H groups in total. The lowest BCUT2D eigenvalue weighted by Crippen LogP contribution is -2.02. The van der Waals surface area contributed by atoms with Crippen LogP contribution in [-0.4, -0.2) is 25.2 Å². The summed E-state index contributed by atoms with van der Waals surface area (Å²) in [5.74, 6) is -0.816. The van der Waals surface area contributed by atoms with Crippen molar-refractivity contribution in [2.24, 2.45) is 0 Å². The molecule has 0 unspecified atom stereocenters. The van der Waals surface area contributed by atoms with Crippen molar-refractivity contribution in [2.75, 3.05) is 25.6 Å². The van der Waals surface area contributed by atoms with E-state index in [0.29, 0.717) is 6.54 Å². The van der Waals surface area contributed by atoms with Crippen LogP contribution in [0.4, 0.5) is 15.8 Å². The number of nitro benzene ring substituents is 1. The summed E-state index contributed by atoms with van der Waals surface area (Å²) in [5, 5.41) is 13.2. The molecule has 0 radical (unpaired) electrons. The van der Waals surface area contributed by atoms with Gasteiger partial charge in [-0.2, -0.15) is 4.39 Å². The summed E-state index contributed by atoms with van der Waals surface area (Å²) in [6, 6.07) is 3.98. The molecule has 102 valence electrons. The van der Waals surface area contributed by atoms with Crippen LogP contribution in [-0.2, 0) is 4.74 Å². The molecule has 0 saturated carbocycles. The lowest BCUT2D eigenvalue weighted by Gasteiger charge is -2.03. The second kappa shape index (κ2) is 9.35. The summed E-state index contributed by atoms with van der Waals surface area (Å²) in [5.41, 5.74) is -0.281. The highest BCUT2D eigenvalue weighted by Crippen LogP contribution is 2.26. The number of halogens is 1. The topological polar surface area (TPSA) is 64.4 Å². The van der Waals surface area contributed by atoms with Crippen LogP contribution >= 0.6 is 0 Å². The summed E-state index contributed by atoms with van der Waals surface area (Å²) in [7, 11) is 1.71. The van der Waals surface area contributed by atoms with Crippen LogP contribution in [0.1, 0.15) is 20.3 Å². The number of ether oxygens (including phenoxy) is 1. The number of nitrogens with one attached hydrogen (secondary N) is 1. The van der Waals surface area contributed by atoms with Crippen molar-refractivity contribution >= 4 is 11.4 Å². The minimum Gasteiger partial charge on any atom is -0.385 e. The zero-order chi connectivity index (χ0) is 14.0. The number of nitro groups is 1. The number of nitrogens with zero attached hydrogens (tertiary/aromatic N) is 1. The molecule has 0 heterocycles. The Morgan fingerprint density at radius 2 is 2.11 bits per heavy atom. The molecule has 1 aromatic rings. The van der Waals surface area contributed by atoms with E-state index < -0.39 is 16.4 Å². The molecule has 6 heteroatoms. The molecule has 0 amide bonds. The third kappa shape index (κ3) is 5.58. The number of hydrogen-bond donors (Lipinski definition) is 1. The van der Waals surface area contributed by atoms with E-state index in [2.05, 4.69) is 12.2 Å². The lowest BCUT2D eigenvalue weighted by atomic mass is 10.2. The van der Waals surface area contributed by atoms with E-state index in [1.165, 1.54) is 12.1 Å². The van der Waals surface area contributed by atoms with Crippen LogP contribution in [0.2, 0.25) is 0 Å². The van der Waals surface area contributed by atoms with E-state index >= 15 is 0 Å². The third-order valence-corrected chi connectivity index (χ3v) is 1.94. The maximum Gasteiger partial charge on any atom is 0.327 e. The number of rotatable bonds is 5. The Morgan fingerprint density at radius 3 is 2.50 bits per heavy atom. The Hall–Kier alpha value is -1.69. The number of anilines is 1. The van der Waals surface area contributed by atoms with Crippen LogP contribution in [0.15, 0.2) is 18.2 Å². The summed E-state index contributed by atoms with van der Waals surface area (Å²) < 4.78 is 17.6. The predicted molar refractivity (Wildman–Crippen MR) is 69.4 cm³/mol. The largest absolute Gasteiger partial charge is 0.385 e. The second-order valence-corrected chi connectivity index (χ2v) is 3.42. The number of methoxy groups -OCH3 is 1. The van der Waals surface area contributed by atoms with Gasteiger partial charge in [-0.25, -0.2) is 0 Å². The number of benzene rings is 1. The maximum absolute atomic E-state index is 12.9. The number of para-hydroxylation sites is 1. The Kier molecular flexibility index (Phi) is 8.47. The molecule has 0 spiro atoms. The molecule has 0 aliphatic heterocycles. The molecule has 0 atom stereocenters. The molecule has 0 saturated heterocycles. The molecule has 0 aliphatic carbocycles. The predicted octanol–water partition coefficient (Wildman–Crippen LogP) is 3.21. The SMILES string of the molecule is CCCOC.CCNc1cccc(F)c1[N+](=O)[O-]. The van der Waals surface area contributed by atoms with E-state index in [-0.39, 0.29) is 5.69 Å². The molecule has 0 aliphatic rings. The highest BCUT2D eigenvalue weighted by molar-refractivity contribution is 5.61. The van der Waals surface area contributed by atoms with Crippen molar-refractivity contribution in [1.82, 2.24) is 0 Å². The van der Waals surface area contributed by atoms with Gasteiger partial charge in [-0.05, 0) is 25.5 Å². The van der Waals surface area contributed by atoms with Gasteiger partial charge in [0.15, 0.2) is 0 Å². The second-order valence-electron chi connectivity index (χ2n) is 3.42. The van der Waals surface area contributed by atoms with Crippen molar-refractivity contribution < 1.29 is 14.1 Å². The van der Waals surface area contributed by atoms with Crippen LogP contribution in [0.3, 0.4) is 0 Å². The fourth-order valence-electron chi connectivity index (χ4n) is 1.24. The van der Waals surface area contributed by atoms with E-state index in [9.17, 15) is 14.5 Å². The van der Waals surface area contributed by atoms with Gasteiger partial charge >= 0.3 is 5.69 Å². The molecular weight excluding hydrogens is 239 g/mol. The van der Waals surface area contributed by atoms with Gasteiger partial charge in [-0.1, -0.05) is 13.0 Å². The van der Waals surface area contributed by atoms with Crippen LogP contribution in [0.5, 0.6) is 0 Å².